The second kappa shape index (κ2) is 13.7. The van der Waals surface area contributed by atoms with E-state index in [-0.39, 0.29) is 35.8 Å². The summed E-state index contributed by atoms with van der Waals surface area (Å²) in [6.07, 6.45) is 9.64. The van der Waals surface area contributed by atoms with Crippen molar-refractivity contribution in [2.24, 2.45) is 0 Å². The average Bonchev–Trinajstić information content (AvgIpc) is 2.86. The number of hydrogen-bond acceptors (Lipinski definition) is 6. The van der Waals surface area contributed by atoms with E-state index in [1.807, 2.05) is 0 Å². The van der Waals surface area contributed by atoms with E-state index in [2.05, 4.69) is 6.92 Å². The topological polar surface area (TPSA) is 103 Å². The molecule has 0 saturated carbocycles. The van der Waals surface area contributed by atoms with Crippen LogP contribution in [0, 0.1) is 0 Å². The van der Waals surface area contributed by atoms with Crippen molar-refractivity contribution in [3.8, 4) is 5.75 Å². The van der Waals surface area contributed by atoms with Gasteiger partial charge in [0.05, 0.1) is 29.5 Å². The maximum atomic E-state index is 13.3. The number of aryl methyl sites for hydroxylation is 1. The summed E-state index contributed by atoms with van der Waals surface area (Å²) in [7, 11) is 0. The predicted molar refractivity (Wildman–Crippen MR) is 140 cm³/mol. The van der Waals surface area contributed by atoms with Gasteiger partial charge in [-0.2, -0.15) is 0 Å². The highest BCUT2D eigenvalue weighted by molar-refractivity contribution is 5.97. The third-order valence-corrected chi connectivity index (χ3v) is 6.23. The van der Waals surface area contributed by atoms with Gasteiger partial charge in [-0.1, -0.05) is 51.9 Å². The third kappa shape index (κ3) is 7.33. The minimum Gasteiger partial charge on any atom is -0.493 e. The van der Waals surface area contributed by atoms with Crippen LogP contribution in [0.1, 0.15) is 87.6 Å². The first-order valence-corrected chi connectivity index (χ1v) is 13.0. The molecule has 194 valence electrons. The Hall–Kier alpha value is -3.35. The molecule has 0 fully saturated rings. The molecule has 0 aliphatic carbocycles. The molecule has 1 aromatic heterocycles. The first-order chi connectivity index (χ1) is 17.4. The smallest absolute Gasteiger partial charge is 0.338 e. The van der Waals surface area contributed by atoms with Gasteiger partial charge in [-0.15, -0.1) is 0 Å². The number of rotatable bonds is 15. The minimum absolute atomic E-state index is 0.0778. The Morgan fingerprint density at radius 3 is 2.28 bits per heavy atom. The van der Waals surface area contributed by atoms with E-state index < -0.39 is 11.9 Å². The number of hydrogen-bond donors (Lipinski definition) is 1. The third-order valence-electron chi connectivity index (χ3n) is 6.23. The Balaban J connectivity index is 1.81. The number of aliphatic carboxylic acids is 1. The second-order valence-electron chi connectivity index (χ2n) is 9.04. The molecule has 0 bridgehead atoms. The van der Waals surface area contributed by atoms with Crippen LogP contribution < -0.4 is 10.2 Å². The van der Waals surface area contributed by atoms with Gasteiger partial charge in [0.15, 0.2) is 0 Å². The summed E-state index contributed by atoms with van der Waals surface area (Å²) in [4.78, 5) is 36.6. The van der Waals surface area contributed by atoms with Crippen molar-refractivity contribution in [3.05, 3.63) is 51.7 Å². The normalized spacial score (nSPS) is 11.2. The van der Waals surface area contributed by atoms with Crippen molar-refractivity contribution >= 4 is 33.9 Å². The Morgan fingerprint density at radius 2 is 1.58 bits per heavy atom. The van der Waals surface area contributed by atoms with Crippen LogP contribution in [0.15, 0.2) is 39.5 Å². The molecule has 3 rings (SSSR count). The lowest BCUT2D eigenvalue weighted by Crippen LogP contribution is -2.09. The summed E-state index contributed by atoms with van der Waals surface area (Å²) in [6, 6.07) is 7.96. The molecule has 0 amide bonds. The fourth-order valence-corrected chi connectivity index (χ4v) is 4.26. The Bertz CT molecular complexity index is 1240. The molecule has 2 aromatic carbocycles. The lowest BCUT2D eigenvalue weighted by atomic mass is 10.0. The van der Waals surface area contributed by atoms with Gasteiger partial charge in [-0.25, -0.2) is 4.79 Å². The molecule has 1 N–H and O–H groups in total. The number of esters is 1. The summed E-state index contributed by atoms with van der Waals surface area (Å²) >= 11 is 0. The molecular formula is C29H36O7. The maximum Gasteiger partial charge on any atom is 0.338 e. The van der Waals surface area contributed by atoms with E-state index in [0.717, 1.165) is 12.8 Å². The molecule has 1 heterocycles. The van der Waals surface area contributed by atoms with Gasteiger partial charge < -0.3 is 19.0 Å². The monoisotopic (exact) mass is 496 g/mol. The SMILES string of the molecule is CCCCCCCCCCOc1cc2oc3ccc(C(=O)OCC)cc3c(=O)c2cc1CCC(=O)O. The number of carbonyl (C=O) groups is 2. The van der Waals surface area contributed by atoms with Crippen molar-refractivity contribution in [2.75, 3.05) is 13.2 Å². The highest BCUT2D eigenvalue weighted by atomic mass is 16.5. The van der Waals surface area contributed by atoms with E-state index in [1.54, 1.807) is 31.2 Å². The molecule has 7 nitrogen and oxygen atoms in total. The van der Waals surface area contributed by atoms with Crippen LogP contribution in [0.2, 0.25) is 0 Å². The molecule has 3 aromatic rings. The maximum absolute atomic E-state index is 13.3. The van der Waals surface area contributed by atoms with Crippen LogP contribution in [-0.4, -0.2) is 30.3 Å². The van der Waals surface area contributed by atoms with Gasteiger partial charge in [0.25, 0.3) is 0 Å². The van der Waals surface area contributed by atoms with E-state index in [4.69, 9.17) is 13.9 Å². The summed E-state index contributed by atoms with van der Waals surface area (Å²) in [5.74, 6) is -0.892. The highest BCUT2D eigenvalue weighted by Crippen LogP contribution is 2.29. The summed E-state index contributed by atoms with van der Waals surface area (Å²) in [5, 5.41) is 9.78. The molecular weight excluding hydrogens is 460 g/mol. The molecule has 0 unspecified atom stereocenters. The molecule has 0 radical (unpaired) electrons. The summed E-state index contributed by atoms with van der Waals surface area (Å²) < 4.78 is 17.1. The van der Waals surface area contributed by atoms with Crippen LogP contribution in [0.5, 0.6) is 5.75 Å². The van der Waals surface area contributed by atoms with Crippen LogP contribution >= 0.6 is 0 Å². The van der Waals surface area contributed by atoms with Crippen LogP contribution in [-0.2, 0) is 16.0 Å². The molecule has 0 spiro atoms. The number of unbranched alkanes of at least 4 members (excludes halogenated alkanes) is 7. The van der Waals surface area contributed by atoms with Crippen molar-refractivity contribution < 1.29 is 28.6 Å². The van der Waals surface area contributed by atoms with Gasteiger partial charge in [0.2, 0.25) is 5.43 Å². The second-order valence-corrected chi connectivity index (χ2v) is 9.04. The van der Waals surface area contributed by atoms with Gasteiger partial charge in [-0.05, 0) is 49.6 Å². The first kappa shape index (κ1) is 27.2. The lowest BCUT2D eigenvalue weighted by molar-refractivity contribution is -0.136. The van der Waals surface area contributed by atoms with Crippen LogP contribution in [0.3, 0.4) is 0 Å². The number of ether oxygens (including phenoxy) is 2. The number of benzene rings is 2. The van der Waals surface area contributed by atoms with Crippen molar-refractivity contribution in [3.63, 3.8) is 0 Å². The standard InChI is InChI=1S/C29H36O7/c1-3-5-6-7-8-9-10-11-16-35-25-19-26-23(17-20(25)13-15-27(30)31)28(32)22-18-21(29(33)34-4-2)12-14-24(22)36-26/h12,14,17-19H,3-11,13,15-16H2,1-2H3,(H,30,31). The molecule has 7 heteroatoms. The molecule has 0 aliphatic rings. The minimum atomic E-state index is -0.922. The van der Waals surface area contributed by atoms with E-state index in [0.29, 0.717) is 34.5 Å². The van der Waals surface area contributed by atoms with Crippen molar-refractivity contribution in [1.82, 2.24) is 0 Å². The number of carboxylic acids is 1. The summed E-state index contributed by atoms with van der Waals surface area (Å²) in [5.41, 5.74) is 1.35. The number of carboxylic acid groups (broad SMARTS) is 1. The molecule has 36 heavy (non-hydrogen) atoms. The van der Waals surface area contributed by atoms with Gasteiger partial charge in [0.1, 0.15) is 16.9 Å². The van der Waals surface area contributed by atoms with Crippen molar-refractivity contribution in [2.45, 2.75) is 78.1 Å². The van der Waals surface area contributed by atoms with Crippen LogP contribution in [0.4, 0.5) is 0 Å². The van der Waals surface area contributed by atoms with E-state index >= 15 is 0 Å². The Kier molecular flexibility index (Phi) is 10.3. The predicted octanol–water partition coefficient (Wildman–Crippen LogP) is 6.66. The molecule has 0 atom stereocenters. The van der Waals surface area contributed by atoms with Crippen LogP contribution in [0.25, 0.3) is 21.9 Å². The summed E-state index contributed by atoms with van der Waals surface area (Å²) in [6.45, 7) is 4.68. The van der Waals surface area contributed by atoms with E-state index in [1.165, 1.54) is 44.6 Å². The zero-order valence-electron chi connectivity index (χ0n) is 21.3. The quantitative estimate of drug-likeness (QED) is 0.143. The zero-order chi connectivity index (χ0) is 25.9. The Labute approximate surface area is 211 Å². The van der Waals surface area contributed by atoms with E-state index in [9.17, 15) is 19.5 Å². The Morgan fingerprint density at radius 1 is 0.889 bits per heavy atom. The largest absolute Gasteiger partial charge is 0.493 e. The number of fused-ring (bicyclic) bond motifs is 2. The first-order valence-electron chi connectivity index (χ1n) is 13.0. The molecule has 0 saturated heterocycles. The number of carbonyl (C=O) groups excluding carboxylic acids is 1. The lowest BCUT2D eigenvalue weighted by Gasteiger charge is -2.13. The van der Waals surface area contributed by atoms with Crippen molar-refractivity contribution in [1.29, 1.82) is 0 Å². The fraction of sp³-hybridized carbons (Fsp3) is 0.483. The average molecular weight is 497 g/mol. The zero-order valence-corrected chi connectivity index (χ0v) is 21.3. The van der Waals surface area contributed by atoms with Gasteiger partial charge >= 0.3 is 11.9 Å². The van der Waals surface area contributed by atoms with Gasteiger partial charge in [-0.3, -0.25) is 9.59 Å². The highest BCUT2D eigenvalue weighted by Gasteiger charge is 2.16. The fourth-order valence-electron chi connectivity index (χ4n) is 4.26. The van der Waals surface area contributed by atoms with Gasteiger partial charge in [0, 0.05) is 12.5 Å². The molecule has 0 aliphatic heterocycles.